The van der Waals surface area contributed by atoms with Gasteiger partial charge in [-0.2, -0.15) is 0 Å². The summed E-state index contributed by atoms with van der Waals surface area (Å²) in [5, 5.41) is 6.33. The molecule has 2 amide bonds. The van der Waals surface area contributed by atoms with E-state index >= 15 is 0 Å². The zero-order chi connectivity index (χ0) is 22.7. The Labute approximate surface area is 185 Å². The van der Waals surface area contributed by atoms with E-state index in [0.717, 1.165) is 29.7 Å². The highest BCUT2D eigenvalue weighted by Gasteiger charge is 2.21. The van der Waals surface area contributed by atoms with Crippen LogP contribution in [0.3, 0.4) is 0 Å². The van der Waals surface area contributed by atoms with Crippen molar-refractivity contribution in [1.82, 2.24) is 4.98 Å². The van der Waals surface area contributed by atoms with Crippen LogP contribution in [0.2, 0.25) is 0 Å². The van der Waals surface area contributed by atoms with Crippen LogP contribution >= 0.6 is 0 Å². The van der Waals surface area contributed by atoms with Gasteiger partial charge < -0.3 is 19.5 Å². The third-order valence-electron chi connectivity index (χ3n) is 5.27. The maximum Gasteiger partial charge on any atom is 0.341 e. The normalized spacial score (nSPS) is 12.0. The van der Waals surface area contributed by atoms with Gasteiger partial charge in [0.2, 0.25) is 6.79 Å². The molecule has 0 fully saturated rings. The second kappa shape index (κ2) is 9.13. The lowest BCUT2D eigenvalue weighted by atomic mass is 10.0. The molecule has 4 rings (SSSR count). The summed E-state index contributed by atoms with van der Waals surface area (Å²) in [5.74, 6) is 0.682. The van der Waals surface area contributed by atoms with Crippen molar-refractivity contribution in [1.29, 1.82) is 0 Å². The number of urea groups is 1. The van der Waals surface area contributed by atoms with Gasteiger partial charge in [0.1, 0.15) is 11.4 Å². The van der Waals surface area contributed by atoms with Crippen LogP contribution in [0.25, 0.3) is 10.9 Å². The first-order valence-electron chi connectivity index (χ1n) is 10.6. The second-order valence-corrected chi connectivity index (χ2v) is 7.24. The second-order valence-electron chi connectivity index (χ2n) is 7.24. The lowest BCUT2D eigenvalue weighted by Gasteiger charge is -2.16. The topological polar surface area (TPSA) is 98.8 Å². The van der Waals surface area contributed by atoms with Crippen LogP contribution in [0.1, 0.15) is 42.3 Å². The monoisotopic (exact) mass is 435 g/mol. The predicted molar refractivity (Wildman–Crippen MR) is 122 cm³/mol. The zero-order valence-electron chi connectivity index (χ0n) is 18.3. The van der Waals surface area contributed by atoms with Gasteiger partial charge in [-0.1, -0.05) is 32.0 Å². The number of benzene rings is 2. The number of rotatable bonds is 6. The van der Waals surface area contributed by atoms with E-state index < -0.39 is 12.0 Å². The van der Waals surface area contributed by atoms with Crippen LogP contribution in [0.4, 0.5) is 16.3 Å². The fraction of sp³-hybridized carbons (Fsp3) is 0.292. The number of aromatic nitrogens is 1. The number of ether oxygens (including phenoxy) is 3. The summed E-state index contributed by atoms with van der Waals surface area (Å²) >= 11 is 0. The lowest BCUT2D eigenvalue weighted by molar-refractivity contribution is 0.0527. The average Bonchev–Trinajstić information content (AvgIpc) is 3.24. The molecule has 0 aliphatic carbocycles. The Bertz CT molecular complexity index is 1170. The van der Waals surface area contributed by atoms with Crippen molar-refractivity contribution >= 4 is 34.4 Å². The Morgan fingerprint density at radius 3 is 2.34 bits per heavy atom. The number of esters is 1. The van der Waals surface area contributed by atoms with Crippen molar-refractivity contribution in [3.05, 3.63) is 53.1 Å². The third-order valence-corrected chi connectivity index (χ3v) is 5.27. The minimum Gasteiger partial charge on any atom is -0.462 e. The van der Waals surface area contributed by atoms with Crippen LogP contribution in [0.15, 0.2) is 36.4 Å². The fourth-order valence-electron chi connectivity index (χ4n) is 3.68. The van der Waals surface area contributed by atoms with Gasteiger partial charge in [-0.05, 0) is 43.0 Å². The molecule has 0 bridgehead atoms. The molecule has 2 heterocycles. The van der Waals surface area contributed by atoms with Crippen molar-refractivity contribution in [3.63, 3.8) is 0 Å². The average molecular weight is 435 g/mol. The number of amides is 2. The molecule has 2 aromatic carbocycles. The van der Waals surface area contributed by atoms with Crippen molar-refractivity contribution in [2.45, 2.75) is 33.6 Å². The van der Waals surface area contributed by atoms with E-state index in [9.17, 15) is 9.59 Å². The number of nitrogens with one attached hydrogen (secondary N) is 2. The summed E-state index contributed by atoms with van der Waals surface area (Å²) in [6, 6.07) is 10.6. The molecule has 32 heavy (non-hydrogen) atoms. The molecule has 0 atom stereocenters. The Kier molecular flexibility index (Phi) is 6.11. The molecular formula is C24H25N3O5. The minimum absolute atomic E-state index is 0.111. The lowest BCUT2D eigenvalue weighted by Crippen LogP contribution is -2.23. The van der Waals surface area contributed by atoms with Gasteiger partial charge in [-0.15, -0.1) is 0 Å². The maximum absolute atomic E-state index is 12.9. The SMILES string of the molecule is CCOC(=O)c1cc2cc3c(cc2nc1NC(=O)Nc1c(CC)cccc1CC)OCO3. The molecule has 1 aliphatic heterocycles. The number of carbonyl (C=O) groups excluding carboxylic acids is 2. The predicted octanol–water partition coefficient (Wildman–Crippen LogP) is 4.91. The smallest absolute Gasteiger partial charge is 0.341 e. The van der Waals surface area contributed by atoms with Gasteiger partial charge in [0.05, 0.1) is 12.1 Å². The summed E-state index contributed by atoms with van der Waals surface area (Å²) in [5.41, 5.74) is 3.55. The first-order chi connectivity index (χ1) is 15.5. The number of para-hydroxylation sites is 1. The number of hydrogen-bond acceptors (Lipinski definition) is 6. The molecule has 166 valence electrons. The largest absolute Gasteiger partial charge is 0.462 e. The fourth-order valence-corrected chi connectivity index (χ4v) is 3.68. The third kappa shape index (κ3) is 4.16. The van der Waals surface area contributed by atoms with Crippen LogP contribution in [0, 0.1) is 0 Å². The number of aryl methyl sites for hydroxylation is 2. The molecule has 8 heteroatoms. The molecule has 1 aromatic heterocycles. The van der Waals surface area contributed by atoms with Gasteiger partial charge in [-0.25, -0.2) is 14.6 Å². The molecule has 0 saturated heterocycles. The van der Waals surface area contributed by atoms with E-state index in [1.807, 2.05) is 32.0 Å². The van der Waals surface area contributed by atoms with Crippen LogP contribution in [-0.4, -0.2) is 30.4 Å². The highest BCUT2D eigenvalue weighted by Crippen LogP contribution is 2.36. The Hall–Kier alpha value is -3.81. The van der Waals surface area contributed by atoms with E-state index in [1.54, 1.807) is 25.1 Å². The molecule has 0 saturated carbocycles. The van der Waals surface area contributed by atoms with E-state index in [-0.39, 0.29) is 24.8 Å². The van der Waals surface area contributed by atoms with Crippen molar-refractivity contribution < 1.29 is 23.8 Å². The summed E-state index contributed by atoms with van der Waals surface area (Å²) in [7, 11) is 0. The van der Waals surface area contributed by atoms with E-state index in [4.69, 9.17) is 14.2 Å². The zero-order valence-corrected chi connectivity index (χ0v) is 18.3. The van der Waals surface area contributed by atoms with Crippen molar-refractivity contribution in [2.75, 3.05) is 24.0 Å². The highest BCUT2D eigenvalue weighted by atomic mass is 16.7. The molecule has 3 aromatic rings. The first-order valence-corrected chi connectivity index (χ1v) is 10.6. The molecule has 0 unspecified atom stereocenters. The molecule has 8 nitrogen and oxygen atoms in total. The van der Waals surface area contributed by atoms with Crippen molar-refractivity contribution in [3.8, 4) is 11.5 Å². The summed E-state index contributed by atoms with van der Waals surface area (Å²) in [6.45, 7) is 6.11. The summed E-state index contributed by atoms with van der Waals surface area (Å²) in [4.78, 5) is 30.0. The summed E-state index contributed by atoms with van der Waals surface area (Å²) < 4.78 is 16.0. The Balaban J connectivity index is 1.70. The minimum atomic E-state index is -0.571. The number of hydrogen-bond donors (Lipinski definition) is 2. The number of anilines is 2. The first kappa shape index (κ1) is 21.4. The van der Waals surface area contributed by atoms with Gasteiger partial charge in [0.25, 0.3) is 0 Å². The van der Waals surface area contributed by atoms with Gasteiger partial charge >= 0.3 is 12.0 Å². The van der Waals surface area contributed by atoms with Gasteiger partial charge in [0.15, 0.2) is 11.5 Å². The number of fused-ring (bicyclic) bond motifs is 2. The van der Waals surface area contributed by atoms with E-state index in [2.05, 4.69) is 15.6 Å². The van der Waals surface area contributed by atoms with Gasteiger partial charge in [-0.3, -0.25) is 5.32 Å². The standard InChI is InChI=1S/C24H25N3O5/c1-4-14-8-7-9-15(5-2)21(14)26-24(29)27-22-17(23(28)30-6-3)10-16-11-19-20(32-13-31-19)12-18(16)25-22/h7-12H,4-6,13H2,1-3H3,(H2,25,26,27,29). The van der Waals surface area contributed by atoms with Crippen LogP contribution in [-0.2, 0) is 17.6 Å². The number of carbonyl (C=O) groups is 2. The quantitative estimate of drug-likeness (QED) is 0.534. The molecule has 1 aliphatic rings. The number of nitrogens with zero attached hydrogens (tertiary/aromatic N) is 1. The Morgan fingerprint density at radius 1 is 1.00 bits per heavy atom. The highest BCUT2D eigenvalue weighted by molar-refractivity contribution is 6.06. The van der Waals surface area contributed by atoms with Crippen LogP contribution in [0.5, 0.6) is 11.5 Å². The van der Waals surface area contributed by atoms with E-state index in [0.29, 0.717) is 22.4 Å². The maximum atomic E-state index is 12.9. The molecule has 0 radical (unpaired) electrons. The Morgan fingerprint density at radius 2 is 1.69 bits per heavy atom. The van der Waals surface area contributed by atoms with Gasteiger partial charge in [0, 0.05) is 17.1 Å². The number of pyridine rings is 1. The van der Waals surface area contributed by atoms with E-state index in [1.165, 1.54) is 0 Å². The molecule has 2 N–H and O–H groups in total. The van der Waals surface area contributed by atoms with Crippen LogP contribution < -0.4 is 20.1 Å². The molecular weight excluding hydrogens is 410 g/mol. The summed E-state index contributed by atoms with van der Waals surface area (Å²) in [6.07, 6.45) is 1.55. The van der Waals surface area contributed by atoms with Crippen molar-refractivity contribution in [2.24, 2.45) is 0 Å². The molecule has 0 spiro atoms.